The van der Waals surface area contributed by atoms with Gasteiger partial charge in [-0.15, -0.1) is 0 Å². The van der Waals surface area contributed by atoms with Crippen molar-refractivity contribution in [3.63, 3.8) is 0 Å². The zero-order chi connectivity index (χ0) is 15.2. The van der Waals surface area contributed by atoms with Gasteiger partial charge in [-0.05, 0) is 44.6 Å². The van der Waals surface area contributed by atoms with Crippen LogP contribution in [0.4, 0.5) is 0 Å². The molecule has 1 aromatic carbocycles. The summed E-state index contributed by atoms with van der Waals surface area (Å²) in [6, 6.07) is 8.44. The molecule has 0 aliphatic rings. The summed E-state index contributed by atoms with van der Waals surface area (Å²) in [6.07, 6.45) is 1.08. The van der Waals surface area contributed by atoms with Crippen LogP contribution in [-0.2, 0) is 0 Å². The minimum absolute atomic E-state index is 0.0600. The van der Waals surface area contributed by atoms with Gasteiger partial charge in [0.1, 0.15) is 0 Å². The van der Waals surface area contributed by atoms with E-state index in [0.29, 0.717) is 0 Å². The molecule has 0 bridgehead atoms. The van der Waals surface area contributed by atoms with Crippen molar-refractivity contribution in [2.24, 2.45) is 0 Å². The molecule has 1 rings (SSSR count). The summed E-state index contributed by atoms with van der Waals surface area (Å²) in [7, 11) is 0. The van der Waals surface area contributed by atoms with Crippen LogP contribution in [0.2, 0.25) is 5.02 Å². The lowest BCUT2D eigenvalue weighted by Crippen LogP contribution is -2.54. The van der Waals surface area contributed by atoms with Crippen molar-refractivity contribution >= 4 is 11.6 Å². The maximum atomic E-state index is 6.45. The largest absolute Gasteiger partial charge is 0.309 e. The molecule has 0 radical (unpaired) electrons. The number of rotatable bonds is 8. The van der Waals surface area contributed by atoms with Crippen LogP contribution >= 0.6 is 11.6 Å². The lowest BCUT2D eigenvalue weighted by molar-refractivity contribution is 0.0705. The predicted molar refractivity (Wildman–Crippen MR) is 89.5 cm³/mol. The third-order valence-corrected chi connectivity index (χ3v) is 4.79. The summed E-state index contributed by atoms with van der Waals surface area (Å²) in [5, 5.41) is 4.51. The lowest BCUT2D eigenvalue weighted by Gasteiger charge is -2.46. The fourth-order valence-corrected chi connectivity index (χ4v) is 3.38. The Morgan fingerprint density at radius 1 is 1.15 bits per heavy atom. The van der Waals surface area contributed by atoms with Crippen LogP contribution in [0, 0.1) is 0 Å². The molecule has 20 heavy (non-hydrogen) atoms. The van der Waals surface area contributed by atoms with E-state index in [1.165, 1.54) is 5.56 Å². The van der Waals surface area contributed by atoms with Gasteiger partial charge in [0.25, 0.3) is 0 Å². The third kappa shape index (κ3) is 3.55. The van der Waals surface area contributed by atoms with Crippen LogP contribution in [0.25, 0.3) is 0 Å². The first-order valence-electron chi connectivity index (χ1n) is 7.77. The van der Waals surface area contributed by atoms with E-state index in [0.717, 1.165) is 31.1 Å². The molecular weight excluding hydrogens is 268 g/mol. The van der Waals surface area contributed by atoms with Gasteiger partial charge >= 0.3 is 0 Å². The van der Waals surface area contributed by atoms with Gasteiger partial charge in [-0.1, -0.05) is 57.5 Å². The Kier molecular flexibility index (Phi) is 7.01. The molecule has 1 aromatic rings. The van der Waals surface area contributed by atoms with Gasteiger partial charge in [0.05, 0.1) is 6.04 Å². The van der Waals surface area contributed by atoms with Gasteiger partial charge < -0.3 is 5.32 Å². The van der Waals surface area contributed by atoms with Gasteiger partial charge in [-0.3, -0.25) is 4.90 Å². The number of nitrogens with one attached hydrogen (secondary N) is 1. The predicted octanol–water partition coefficient (Wildman–Crippen LogP) is 4.50. The van der Waals surface area contributed by atoms with E-state index >= 15 is 0 Å². The molecule has 0 spiro atoms. The fraction of sp³-hybridized carbons (Fsp3) is 0.647. The third-order valence-electron chi connectivity index (χ3n) is 4.45. The Bertz CT molecular complexity index is 404. The van der Waals surface area contributed by atoms with Gasteiger partial charge in [-0.25, -0.2) is 0 Å². The maximum absolute atomic E-state index is 6.45. The molecule has 1 N–H and O–H groups in total. The van der Waals surface area contributed by atoms with E-state index in [1.807, 2.05) is 12.1 Å². The molecule has 2 unspecified atom stereocenters. The van der Waals surface area contributed by atoms with Crippen molar-refractivity contribution in [1.29, 1.82) is 0 Å². The van der Waals surface area contributed by atoms with E-state index in [4.69, 9.17) is 11.6 Å². The van der Waals surface area contributed by atoms with Crippen LogP contribution in [0.3, 0.4) is 0 Å². The summed E-state index contributed by atoms with van der Waals surface area (Å²) in [4.78, 5) is 2.53. The Morgan fingerprint density at radius 3 is 2.20 bits per heavy atom. The zero-order valence-corrected chi connectivity index (χ0v) is 14.3. The summed E-state index contributed by atoms with van der Waals surface area (Å²) >= 11 is 6.45. The van der Waals surface area contributed by atoms with Crippen LogP contribution in [0.1, 0.15) is 52.6 Å². The van der Waals surface area contributed by atoms with Crippen molar-refractivity contribution in [3.05, 3.63) is 34.9 Å². The van der Waals surface area contributed by atoms with Crippen molar-refractivity contribution in [2.45, 2.75) is 52.6 Å². The number of hydrogen-bond donors (Lipinski definition) is 1. The molecule has 0 aliphatic carbocycles. The molecule has 0 saturated heterocycles. The van der Waals surface area contributed by atoms with Crippen LogP contribution < -0.4 is 5.32 Å². The van der Waals surface area contributed by atoms with Gasteiger partial charge in [0.15, 0.2) is 0 Å². The molecular formula is C17H29ClN2. The molecule has 0 amide bonds. The van der Waals surface area contributed by atoms with E-state index in [2.05, 4.69) is 57.0 Å². The monoisotopic (exact) mass is 296 g/mol. The number of halogens is 1. The van der Waals surface area contributed by atoms with Gasteiger partial charge in [0.2, 0.25) is 0 Å². The molecule has 3 heteroatoms. The second kappa shape index (κ2) is 8.02. The molecule has 2 nitrogen and oxygen atoms in total. The fourth-order valence-electron chi connectivity index (χ4n) is 3.13. The first-order chi connectivity index (χ1) is 9.54. The van der Waals surface area contributed by atoms with E-state index in [-0.39, 0.29) is 11.6 Å². The second-order valence-electron chi connectivity index (χ2n) is 5.40. The second-order valence-corrected chi connectivity index (χ2v) is 5.80. The molecule has 0 fully saturated rings. The van der Waals surface area contributed by atoms with Gasteiger partial charge in [-0.2, -0.15) is 0 Å². The summed E-state index contributed by atoms with van der Waals surface area (Å²) in [6.45, 7) is 14.3. The Labute approximate surface area is 129 Å². The minimum atomic E-state index is 0.0600. The van der Waals surface area contributed by atoms with E-state index in [9.17, 15) is 0 Å². The zero-order valence-electron chi connectivity index (χ0n) is 13.5. The summed E-state index contributed by atoms with van der Waals surface area (Å²) in [5.74, 6) is 0. The number of hydrogen-bond acceptors (Lipinski definition) is 2. The topological polar surface area (TPSA) is 15.3 Å². The van der Waals surface area contributed by atoms with Crippen molar-refractivity contribution in [3.8, 4) is 0 Å². The molecule has 114 valence electrons. The van der Waals surface area contributed by atoms with Crippen LogP contribution in [0.15, 0.2) is 24.3 Å². The highest BCUT2D eigenvalue weighted by Crippen LogP contribution is 2.37. The Balaban J connectivity index is 3.26. The quantitative estimate of drug-likeness (QED) is 0.760. The molecule has 0 heterocycles. The highest BCUT2D eigenvalue weighted by atomic mass is 35.5. The lowest BCUT2D eigenvalue weighted by atomic mass is 9.82. The van der Waals surface area contributed by atoms with Crippen molar-refractivity contribution < 1.29 is 0 Å². The highest BCUT2D eigenvalue weighted by Gasteiger charge is 2.38. The Hall–Kier alpha value is -0.570. The first-order valence-corrected chi connectivity index (χ1v) is 8.15. The highest BCUT2D eigenvalue weighted by molar-refractivity contribution is 6.31. The molecule has 2 atom stereocenters. The van der Waals surface area contributed by atoms with E-state index in [1.54, 1.807) is 0 Å². The summed E-state index contributed by atoms with van der Waals surface area (Å²) < 4.78 is 0. The van der Waals surface area contributed by atoms with Crippen molar-refractivity contribution in [2.75, 3.05) is 19.6 Å². The average molecular weight is 297 g/mol. The van der Waals surface area contributed by atoms with E-state index < -0.39 is 0 Å². The average Bonchev–Trinajstić information content (AvgIpc) is 2.46. The minimum Gasteiger partial charge on any atom is -0.309 e. The van der Waals surface area contributed by atoms with Crippen LogP contribution in [-0.4, -0.2) is 30.1 Å². The molecule has 0 aliphatic heterocycles. The van der Waals surface area contributed by atoms with Crippen molar-refractivity contribution in [1.82, 2.24) is 10.2 Å². The Morgan fingerprint density at radius 2 is 1.75 bits per heavy atom. The summed E-state index contributed by atoms with van der Waals surface area (Å²) in [5.41, 5.74) is 1.26. The normalized spacial score (nSPS) is 16.1. The molecule has 0 aromatic heterocycles. The van der Waals surface area contributed by atoms with Crippen LogP contribution in [0.5, 0.6) is 0 Å². The first kappa shape index (κ1) is 17.5. The number of likely N-dealkylation sites (N-methyl/N-ethyl adjacent to an activating group) is 2. The maximum Gasteiger partial charge on any atom is 0.0519 e. The van der Waals surface area contributed by atoms with Gasteiger partial charge in [0, 0.05) is 10.6 Å². The smallest absolute Gasteiger partial charge is 0.0519 e. The molecule has 0 saturated carbocycles. The standard InChI is InChI=1S/C17H29ClN2/c1-6-17(5,20(8-3)9-4)16(19-7-2)14-12-10-11-13-15(14)18/h10-13,16,19H,6-9H2,1-5H3. The number of benzene rings is 1. The number of nitrogens with zero attached hydrogens (tertiary/aromatic N) is 1. The SMILES string of the molecule is CCNC(c1ccccc1Cl)C(C)(CC)N(CC)CC.